The molecule has 1 heterocycles. The van der Waals surface area contributed by atoms with Gasteiger partial charge in [0, 0.05) is 31.5 Å². The summed E-state index contributed by atoms with van der Waals surface area (Å²) in [5.41, 5.74) is 2.56. The van der Waals surface area contributed by atoms with E-state index in [-0.39, 0.29) is 17.5 Å². The molecule has 232 valence electrons. The van der Waals surface area contributed by atoms with Crippen LogP contribution in [0.2, 0.25) is 0 Å². The molecule has 42 heavy (non-hydrogen) atoms. The zero-order valence-electron chi connectivity index (χ0n) is 26.6. The Morgan fingerprint density at radius 1 is 0.929 bits per heavy atom. The lowest BCUT2D eigenvalue weighted by Crippen LogP contribution is -2.56. The van der Waals surface area contributed by atoms with E-state index >= 15 is 0 Å². The van der Waals surface area contributed by atoms with Gasteiger partial charge in [0.05, 0.1) is 34.5 Å². The summed E-state index contributed by atoms with van der Waals surface area (Å²) in [4.78, 5) is 15.2. The predicted octanol–water partition coefficient (Wildman–Crippen LogP) is 6.38. The normalized spacial score (nSPS) is 39.1. The Bertz CT molecular complexity index is 1170. The van der Waals surface area contributed by atoms with Crippen molar-refractivity contribution in [1.29, 1.82) is 0 Å². The quantitative estimate of drug-likeness (QED) is 0.361. The molecule has 4 saturated carbocycles. The molecule has 0 spiro atoms. The van der Waals surface area contributed by atoms with Gasteiger partial charge in [0.15, 0.2) is 11.5 Å². The zero-order valence-corrected chi connectivity index (χ0v) is 26.6. The lowest BCUT2D eigenvalue weighted by atomic mass is 9.45. The first-order valence-corrected chi connectivity index (χ1v) is 16.2. The van der Waals surface area contributed by atoms with Crippen molar-refractivity contribution in [3.8, 4) is 17.2 Å². The first-order valence-electron chi connectivity index (χ1n) is 16.2. The van der Waals surface area contributed by atoms with Crippen molar-refractivity contribution in [2.45, 2.75) is 84.3 Å². The van der Waals surface area contributed by atoms with E-state index < -0.39 is 0 Å². The smallest absolute Gasteiger partial charge is 0.303 e. The number of hydrogen-bond acceptors (Lipinski definition) is 7. The molecule has 6 rings (SSSR count). The second-order valence-corrected chi connectivity index (χ2v) is 14.1. The summed E-state index contributed by atoms with van der Waals surface area (Å²) >= 11 is 0. The monoisotopic (exact) mass is 581 g/mol. The minimum absolute atomic E-state index is 0.0481. The fourth-order valence-corrected chi connectivity index (χ4v) is 10.3. The van der Waals surface area contributed by atoms with Gasteiger partial charge in [-0.1, -0.05) is 19.9 Å². The first kappa shape index (κ1) is 29.8. The number of fused-ring (bicyclic) bond motifs is 5. The van der Waals surface area contributed by atoms with Crippen molar-refractivity contribution in [3.63, 3.8) is 0 Å². The first-order chi connectivity index (χ1) is 20.2. The lowest BCUT2D eigenvalue weighted by Gasteiger charge is -2.61. The van der Waals surface area contributed by atoms with Crippen molar-refractivity contribution >= 4 is 12.0 Å². The molecule has 1 aliphatic heterocycles. The number of benzene rings is 1. The Kier molecular flexibility index (Phi) is 8.29. The Balaban J connectivity index is 1.28. The molecule has 1 saturated heterocycles. The summed E-state index contributed by atoms with van der Waals surface area (Å²) in [6.45, 7) is 10.6. The second-order valence-electron chi connectivity index (χ2n) is 14.1. The molecule has 5 fully saturated rings. The van der Waals surface area contributed by atoms with Crippen molar-refractivity contribution in [2.24, 2.45) is 34.5 Å². The highest BCUT2D eigenvalue weighted by Crippen LogP contribution is 2.67. The van der Waals surface area contributed by atoms with Crippen LogP contribution in [0.4, 0.5) is 0 Å². The second kappa shape index (κ2) is 11.7. The van der Waals surface area contributed by atoms with Crippen LogP contribution in [0.15, 0.2) is 17.7 Å². The molecule has 4 aliphatic carbocycles. The molecule has 1 aromatic carbocycles. The topological polar surface area (TPSA) is 66.5 Å². The molecular formula is C35H51NO6. The standard InChI is InChI=1S/C35H51NO6/c1-22(37)42-33-24(17-23-18-30(38-4)32(40-6)31(19-23)39-5)20-29-27-8-7-25-21-26(36-13-15-41-16-14-36)9-11-34(25,2)28(27)10-12-35(29,33)3/h17-19,25-29,33H,7-16,20-21H2,1-6H3/b24-17+/t25?,26-,27?,28?,29?,33-,34-,35-/m0/s1. The van der Waals surface area contributed by atoms with E-state index in [1.165, 1.54) is 44.1 Å². The Hall–Kier alpha value is -2.25. The van der Waals surface area contributed by atoms with Crippen LogP contribution in [0, 0.1) is 34.5 Å². The third kappa shape index (κ3) is 5.02. The minimum Gasteiger partial charge on any atom is -0.493 e. The summed E-state index contributed by atoms with van der Waals surface area (Å²) in [5.74, 6) is 4.40. The Morgan fingerprint density at radius 3 is 2.26 bits per heavy atom. The van der Waals surface area contributed by atoms with E-state index in [0.717, 1.165) is 62.6 Å². The number of esters is 1. The number of carbonyl (C=O) groups excluding carboxylic acids is 1. The van der Waals surface area contributed by atoms with E-state index in [1.54, 1.807) is 28.3 Å². The van der Waals surface area contributed by atoms with Crippen molar-refractivity contribution < 1.29 is 28.5 Å². The predicted molar refractivity (Wildman–Crippen MR) is 163 cm³/mol. The van der Waals surface area contributed by atoms with Gasteiger partial charge in [-0.15, -0.1) is 0 Å². The average molecular weight is 582 g/mol. The molecule has 5 aliphatic rings. The fourth-order valence-electron chi connectivity index (χ4n) is 10.3. The average Bonchev–Trinajstić information content (AvgIpc) is 3.26. The van der Waals surface area contributed by atoms with Gasteiger partial charge < -0.3 is 23.7 Å². The van der Waals surface area contributed by atoms with Gasteiger partial charge in [-0.2, -0.15) is 0 Å². The van der Waals surface area contributed by atoms with Crippen molar-refractivity contribution in [1.82, 2.24) is 4.90 Å². The summed E-state index contributed by atoms with van der Waals surface area (Å²) in [6, 6.07) is 4.71. The van der Waals surface area contributed by atoms with Gasteiger partial charge in [0.2, 0.25) is 5.75 Å². The van der Waals surface area contributed by atoms with E-state index in [9.17, 15) is 4.79 Å². The highest BCUT2D eigenvalue weighted by molar-refractivity contribution is 5.68. The number of nitrogens with zero attached hydrogens (tertiary/aromatic N) is 1. The maximum absolute atomic E-state index is 12.5. The molecule has 0 amide bonds. The summed E-state index contributed by atoms with van der Waals surface area (Å²) in [5, 5.41) is 0. The van der Waals surface area contributed by atoms with Crippen LogP contribution in [-0.2, 0) is 14.3 Å². The number of rotatable bonds is 6. The maximum atomic E-state index is 12.5. The number of hydrogen-bond donors (Lipinski definition) is 0. The molecule has 0 radical (unpaired) electrons. The van der Waals surface area contributed by atoms with Gasteiger partial charge in [0.25, 0.3) is 0 Å². The van der Waals surface area contributed by atoms with Crippen molar-refractivity contribution in [2.75, 3.05) is 47.6 Å². The summed E-state index contributed by atoms with van der Waals surface area (Å²) in [7, 11) is 4.91. The highest BCUT2D eigenvalue weighted by atomic mass is 16.5. The van der Waals surface area contributed by atoms with Gasteiger partial charge in [-0.3, -0.25) is 9.69 Å². The van der Waals surface area contributed by atoms with Crippen LogP contribution in [0.25, 0.3) is 6.08 Å². The van der Waals surface area contributed by atoms with Gasteiger partial charge in [0.1, 0.15) is 6.10 Å². The number of ether oxygens (including phenoxy) is 5. The molecule has 8 atom stereocenters. The third-order valence-electron chi connectivity index (χ3n) is 12.4. The molecule has 0 aromatic heterocycles. The van der Waals surface area contributed by atoms with Crippen LogP contribution >= 0.6 is 0 Å². The van der Waals surface area contributed by atoms with Crippen molar-refractivity contribution in [3.05, 3.63) is 23.3 Å². The van der Waals surface area contributed by atoms with Crippen LogP contribution in [0.3, 0.4) is 0 Å². The fraction of sp³-hybridized carbons (Fsp3) is 0.743. The maximum Gasteiger partial charge on any atom is 0.303 e. The zero-order chi connectivity index (χ0) is 29.6. The molecule has 4 unspecified atom stereocenters. The number of methoxy groups -OCH3 is 3. The molecular weight excluding hydrogens is 530 g/mol. The third-order valence-corrected chi connectivity index (χ3v) is 12.4. The molecule has 7 nitrogen and oxygen atoms in total. The highest BCUT2D eigenvalue weighted by Gasteiger charge is 2.62. The van der Waals surface area contributed by atoms with Crippen LogP contribution < -0.4 is 14.2 Å². The lowest BCUT2D eigenvalue weighted by molar-refractivity contribution is -0.160. The minimum atomic E-state index is -0.206. The van der Waals surface area contributed by atoms with E-state index in [0.29, 0.717) is 34.5 Å². The van der Waals surface area contributed by atoms with E-state index in [2.05, 4.69) is 24.8 Å². The summed E-state index contributed by atoms with van der Waals surface area (Å²) < 4.78 is 28.7. The number of morpholine rings is 1. The molecule has 1 aromatic rings. The Morgan fingerprint density at radius 2 is 1.62 bits per heavy atom. The largest absolute Gasteiger partial charge is 0.493 e. The van der Waals surface area contributed by atoms with Crippen LogP contribution in [0.1, 0.15) is 77.7 Å². The molecule has 0 bridgehead atoms. The molecule has 0 N–H and O–H groups in total. The van der Waals surface area contributed by atoms with Crippen LogP contribution in [0.5, 0.6) is 17.2 Å². The summed E-state index contributed by atoms with van der Waals surface area (Å²) in [6.07, 6.45) is 12.0. The Labute approximate surface area is 252 Å². The van der Waals surface area contributed by atoms with E-state index in [4.69, 9.17) is 23.7 Å². The van der Waals surface area contributed by atoms with Gasteiger partial charge >= 0.3 is 5.97 Å². The van der Waals surface area contributed by atoms with Crippen LogP contribution in [-0.4, -0.2) is 70.6 Å². The van der Waals surface area contributed by atoms with Gasteiger partial charge in [-0.05, 0) is 104 Å². The molecule has 7 heteroatoms. The SMILES string of the molecule is COc1cc(/C=C2\CC3C4CCC5C[C@@H](N6CCOCC6)CC[C@]5(C)C4CC[C@]3(C)[C@H]2OC(C)=O)cc(OC)c1OC. The number of carbonyl (C=O) groups is 1. The van der Waals surface area contributed by atoms with E-state index in [1.807, 2.05) is 12.1 Å². The van der Waals surface area contributed by atoms with Gasteiger partial charge in [-0.25, -0.2) is 0 Å².